The Morgan fingerprint density at radius 3 is 2.42 bits per heavy atom. The maximum Gasteiger partial charge on any atom is 0.255 e. The molecule has 0 aliphatic rings. The van der Waals surface area contributed by atoms with Gasteiger partial charge in [-0.25, -0.2) is 0 Å². The van der Waals surface area contributed by atoms with Gasteiger partial charge >= 0.3 is 0 Å². The molecular formula is C18H21N3O5. The second-order valence-corrected chi connectivity index (χ2v) is 5.65. The van der Waals surface area contributed by atoms with Crippen molar-refractivity contribution in [1.82, 2.24) is 5.32 Å². The highest BCUT2D eigenvalue weighted by Crippen LogP contribution is 2.27. The Bertz CT molecular complexity index is 841. The normalized spacial score (nSPS) is 10.2. The molecule has 0 aliphatic carbocycles. The molecular weight excluding hydrogens is 338 g/mol. The Kier molecular flexibility index (Phi) is 6.00. The van der Waals surface area contributed by atoms with Gasteiger partial charge in [0.25, 0.3) is 5.91 Å². The van der Waals surface area contributed by atoms with E-state index in [-0.39, 0.29) is 18.4 Å². The molecule has 26 heavy (non-hydrogen) atoms. The second kappa shape index (κ2) is 8.19. The molecule has 2 aromatic rings. The lowest BCUT2D eigenvalue weighted by Gasteiger charge is -2.12. The van der Waals surface area contributed by atoms with E-state index in [2.05, 4.69) is 16.0 Å². The molecule has 1 aromatic heterocycles. The van der Waals surface area contributed by atoms with E-state index in [4.69, 9.17) is 9.15 Å². The molecule has 0 bridgehead atoms. The first-order valence-electron chi connectivity index (χ1n) is 7.91. The van der Waals surface area contributed by atoms with Crippen molar-refractivity contribution in [2.75, 3.05) is 24.3 Å². The fourth-order valence-electron chi connectivity index (χ4n) is 2.39. The van der Waals surface area contributed by atoms with Gasteiger partial charge in [-0.15, -0.1) is 0 Å². The van der Waals surface area contributed by atoms with Crippen LogP contribution in [0, 0.1) is 13.8 Å². The third kappa shape index (κ3) is 4.85. The maximum absolute atomic E-state index is 12.1. The number of amides is 3. The Balaban J connectivity index is 1.98. The number of anilines is 2. The van der Waals surface area contributed by atoms with Gasteiger partial charge in [0.15, 0.2) is 0 Å². The van der Waals surface area contributed by atoms with E-state index in [0.29, 0.717) is 34.2 Å². The summed E-state index contributed by atoms with van der Waals surface area (Å²) in [6, 6.07) is 6.44. The van der Waals surface area contributed by atoms with Crippen molar-refractivity contribution in [3.05, 3.63) is 41.3 Å². The Hall–Kier alpha value is -3.29. The standard InChI is InChI=1S/C18H21N3O5/c1-10-7-14(11(2)26-10)18(24)19-9-17(23)21-13-5-6-16(25-4)15(8-13)20-12(3)22/h5-8H,9H2,1-4H3,(H,19,24)(H,20,22)(H,21,23). The van der Waals surface area contributed by atoms with Crippen LogP contribution >= 0.6 is 0 Å². The number of rotatable bonds is 6. The van der Waals surface area contributed by atoms with Crippen LogP contribution in [0.4, 0.5) is 11.4 Å². The topological polar surface area (TPSA) is 110 Å². The summed E-state index contributed by atoms with van der Waals surface area (Å²) in [4.78, 5) is 35.4. The van der Waals surface area contributed by atoms with Crippen LogP contribution in [-0.4, -0.2) is 31.4 Å². The zero-order chi connectivity index (χ0) is 19.3. The predicted octanol–water partition coefficient (Wildman–Crippen LogP) is 2.23. The van der Waals surface area contributed by atoms with E-state index in [1.54, 1.807) is 38.1 Å². The molecule has 0 atom stereocenters. The summed E-state index contributed by atoms with van der Waals surface area (Å²) in [5.74, 6) is 0.539. The minimum Gasteiger partial charge on any atom is -0.495 e. The SMILES string of the molecule is COc1ccc(NC(=O)CNC(=O)c2cc(C)oc2C)cc1NC(C)=O. The molecule has 0 spiro atoms. The number of methoxy groups -OCH3 is 1. The Morgan fingerprint density at radius 2 is 1.85 bits per heavy atom. The van der Waals surface area contributed by atoms with Gasteiger partial charge in [-0.3, -0.25) is 14.4 Å². The Labute approximate surface area is 150 Å². The molecule has 8 heteroatoms. The van der Waals surface area contributed by atoms with Crippen LogP contribution in [-0.2, 0) is 9.59 Å². The third-order valence-corrected chi connectivity index (χ3v) is 3.49. The van der Waals surface area contributed by atoms with Gasteiger partial charge in [0.1, 0.15) is 17.3 Å². The number of carbonyl (C=O) groups excluding carboxylic acids is 3. The van der Waals surface area contributed by atoms with Crippen molar-refractivity contribution in [2.45, 2.75) is 20.8 Å². The number of nitrogens with one attached hydrogen (secondary N) is 3. The molecule has 0 saturated carbocycles. The van der Waals surface area contributed by atoms with Gasteiger partial charge in [0.2, 0.25) is 11.8 Å². The van der Waals surface area contributed by atoms with Gasteiger partial charge in [-0.2, -0.15) is 0 Å². The quantitative estimate of drug-likeness (QED) is 0.733. The lowest BCUT2D eigenvalue weighted by molar-refractivity contribution is -0.115. The van der Waals surface area contributed by atoms with E-state index in [1.165, 1.54) is 14.0 Å². The molecule has 8 nitrogen and oxygen atoms in total. The average molecular weight is 359 g/mol. The zero-order valence-corrected chi connectivity index (χ0v) is 15.1. The molecule has 3 N–H and O–H groups in total. The maximum atomic E-state index is 12.1. The van der Waals surface area contributed by atoms with Crippen LogP contribution in [0.15, 0.2) is 28.7 Å². The van der Waals surface area contributed by atoms with E-state index < -0.39 is 5.91 Å². The van der Waals surface area contributed by atoms with E-state index >= 15 is 0 Å². The molecule has 1 heterocycles. The van der Waals surface area contributed by atoms with Crippen molar-refractivity contribution in [1.29, 1.82) is 0 Å². The van der Waals surface area contributed by atoms with Crippen molar-refractivity contribution < 1.29 is 23.5 Å². The van der Waals surface area contributed by atoms with Crippen LogP contribution in [0.25, 0.3) is 0 Å². The molecule has 0 unspecified atom stereocenters. The molecule has 0 fully saturated rings. The van der Waals surface area contributed by atoms with Crippen molar-refractivity contribution in [3.8, 4) is 5.75 Å². The lowest BCUT2D eigenvalue weighted by Crippen LogP contribution is -2.33. The molecule has 0 saturated heterocycles. The highest BCUT2D eigenvalue weighted by molar-refractivity contribution is 6.00. The van der Waals surface area contributed by atoms with Gasteiger partial charge < -0.3 is 25.1 Å². The number of aryl methyl sites for hydroxylation is 2. The number of benzene rings is 1. The lowest BCUT2D eigenvalue weighted by atomic mass is 10.2. The molecule has 3 amide bonds. The summed E-state index contributed by atoms with van der Waals surface area (Å²) >= 11 is 0. The molecule has 1 aromatic carbocycles. The van der Waals surface area contributed by atoms with Gasteiger partial charge in [-0.05, 0) is 38.1 Å². The third-order valence-electron chi connectivity index (χ3n) is 3.49. The summed E-state index contributed by atoms with van der Waals surface area (Å²) in [5.41, 5.74) is 1.29. The number of carbonyl (C=O) groups is 3. The highest BCUT2D eigenvalue weighted by atomic mass is 16.5. The summed E-state index contributed by atoms with van der Waals surface area (Å²) in [6.45, 7) is 4.60. The monoisotopic (exact) mass is 359 g/mol. The largest absolute Gasteiger partial charge is 0.495 e. The van der Waals surface area contributed by atoms with Crippen LogP contribution in [0.3, 0.4) is 0 Å². The van der Waals surface area contributed by atoms with Gasteiger partial charge in [-0.1, -0.05) is 0 Å². The number of hydrogen-bond donors (Lipinski definition) is 3. The first kappa shape index (κ1) is 19.0. The van der Waals surface area contributed by atoms with E-state index in [1.807, 2.05) is 0 Å². The first-order valence-corrected chi connectivity index (χ1v) is 7.91. The predicted molar refractivity (Wildman–Crippen MR) is 96.4 cm³/mol. The summed E-state index contributed by atoms with van der Waals surface area (Å²) in [5, 5.41) is 7.81. The minimum absolute atomic E-state index is 0.204. The molecule has 0 aliphatic heterocycles. The van der Waals surface area contributed by atoms with E-state index in [9.17, 15) is 14.4 Å². The van der Waals surface area contributed by atoms with Crippen LogP contribution in [0.2, 0.25) is 0 Å². The molecule has 2 rings (SSSR count). The fraction of sp³-hybridized carbons (Fsp3) is 0.278. The summed E-state index contributed by atoms with van der Waals surface area (Å²) < 4.78 is 10.5. The minimum atomic E-state index is -0.407. The van der Waals surface area contributed by atoms with Crippen molar-refractivity contribution in [2.24, 2.45) is 0 Å². The number of furan rings is 1. The van der Waals surface area contributed by atoms with Crippen molar-refractivity contribution in [3.63, 3.8) is 0 Å². The molecule has 138 valence electrons. The first-order chi connectivity index (χ1) is 12.3. The highest BCUT2D eigenvalue weighted by Gasteiger charge is 2.15. The van der Waals surface area contributed by atoms with Crippen LogP contribution in [0.5, 0.6) is 5.75 Å². The summed E-state index contributed by atoms with van der Waals surface area (Å²) in [7, 11) is 1.48. The number of ether oxygens (including phenoxy) is 1. The second-order valence-electron chi connectivity index (χ2n) is 5.65. The zero-order valence-electron chi connectivity index (χ0n) is 15.1. The van der Waals surface area contributed by atoms with Gasteiger partial charge in [0, 0.05) is 12.6 Å². The average Bonchev–Trinajstić information content (AvgIpc) is 2.91. The van der Waals surface area contributed by atoms with Crippen LogP contribution < -0.4 is 20.7 Å². The Morgan fingerprint density at radius 1 is 1.12 bits per heavy atom. The van der Waals surface area contributed by atoms with Gasteiger partial charge in [0.05, 0.1) is 24.9 Å². The summed E-state index contributed by atoms with van der Waals surface area (Å²) in [6.07, 6.45) is 0. The van der Waals surface area contributed by atoms with Crippen molar-refractivity contribution >= 4 is 29.1 Å². The van der Waals surface area contributed by atoms with Crippen LogP contribution in [0.1, 0.15) is 28.8 Å². The van der Waals surface area contributed by atoms with E-state index in [0.717, 1.165) is 0 Å². The number of hydrogen-bond acceptors (Lipinski definition) is 5. The molecule has 0 radical (unpaired) electrons. The fourth-order valence-corrected chi connectivity index (χ4v) is 2.39. The smallest absolute Gasteiger partial charge is 0.255 e.